The highest BCUT2D eigenvalue weighted by molar-refractivity contribution is 5.77. The zero-order valence-electron chi connectivity index (χ0n) is 17.7. The fourth-order valence-corrected chi connectivity index (χ4v) is 3.56. The van der Waals surface area contributed by atoms with E-state index in [0.717, 1.165) is 11.1 Å². The molecule has 1 aliphatic rings. The zero-order valence-corrected chi connectivity index (χ0v) is 17.7. The van der Waals surface area contributed by atoms with Crippen LogP contribution in [0.5, 0.6) is 11.5 Å². The lowest BCUT2D eigenvalue weighted by Gasteiger charge is -2.27. The molecule has 8 nitrogen and oxygen atoms in total. The largest absolute Gasteiger partial charge is 0.454 e. The Kier molecular flexibility index (Phi) is 5.46. The van der Waals surface area contributed by atoms with E-state index in [0.29, 0.717) is 35.0 Å². The van der Waals surface area contributed by atoms with E-state index >= 15 is 0 Å². The monoisotopic (exact) mass is 420 g/mol. The van der Waals surface area contributed by atoms with Crippen molar-refractivity contribution in [1.29, 1.82) is 0 Å². The van der Waals surface area contributed by atoms with Gasteiger partial charge in [0.2, 0.25) is 12.7 Å². The Morgan fingerprint density at radius 2 is 1.90 bits per heavy atom. The topological polar surface area (TPSA) is 106 Å². The number of rotatable bonds is 6. The number of pyridine rings is 1. The molecule has 0 fully saturated rings. The number of aryl methyl sites for hydroxylation is 1. The number of H-pyrrole nitrogens is 1. The third-order valence-corrected chi connectivity index (χ3v) is 5.32. The van der Waals surface area contributed by atoms with Crippen LogP contribution in [0.2, 0.25) is 0 Å². The minimum absolute atomic E-state index is 0.153. The van der Waals surface area contributed by atoms with E-state index < -0.39 is 5.54 Å². The minimum atomic E-state index is -0.608. The van der Waals surface area contributed by atoms with Crippen LogP contribution in [-0.4, -0.2) is 27.7 Å². The maximum Gasteiger partial charge on any atom is 0.254 e. The van der Waals surface area contributed by atoms with E-state index in [1.807, 2.05) is 32.0 Å². The number of benzene rings is 1. The highest BCUT2D eigenvalue weighted by Crippen LogP contribution is 2.35. The lowest BCUT2D eigenvalue weighted by Crippen LogP contribution is -2.41. The second-order valence-corrected chi connectivity index (χ2v) is 7.96. The summed E-state index contributed by atoms with van der Waals surface area (Å²) < 4.78 is 10.8. The number of nitrogens with zero attached hydrogens (tertiary/aromatic N) is 2. The van der Waals surface area contributed by atoms with Crippen LogP contribution in [0, 0.1) is 6.92 Å². The zero-order chi connectivity index (χ0) is 22.0. The molecule has 0 radical (unpaired) electrons. The van der Waals surface area contributed by atoms with E-state index in [-0.39, 0.29) is 24.7 Å². The summed E-state index contributed by atoms with van der Waals surface area (Å²) in [5.41, 5.74) is 1.96. The van der Waals surface area contributed by atoms with Crippen molar-refractivity contribution in [2.75, 3.05) is 6.79 Å². The van der Waals surface area contributed by atoms with Crippen LogP contribution < -0.4 is 20.3 Å². The van der Waals surface area contributed by atoms with Crippen LogP contribution in [0.15, 0.2) is 47.5 Å². The minimum Gasteiger partial charge on any atom is -0.454 e. The number of amides is 1. The molecule has 0 spiro atoms. The van der Waals surface area contributed by atoms with Crippen molar-refractivity contribution in [3.63, 3.8) is 0 Å². The van der Waals surface area contributed by atoms with Crippen molar-refractivity contribution >= 4 is 5.91 Å². The average Bonchev–Trinajstić information content (AvgIpc) is 3.21. The van der Waals surface area contributed by atoms with Gasteiger partial charge in [-0.2, -0.15) is 0 Å². The van der Waals surface area contributed by atoms with Crippen LogP contribution in [0.25, 0.3) is 11.4 Å². The molecule has 0 saturated heterocycles. The van der Waals surface area contributed by atoms with E-state index in [4.69, 9.17) is 9.47 Å². The van der Waals surface area contributed by atoms with Crippen molar-refractivity contribution in [1.82, 2.24) is 20.3 Å². The maximum absolute atomic E-state index is 12.6. The summed E-state index contributed by atoms with van der Waals surface area (Å²) in [7, 11) is 0. The van der Waals surface area contributed by atoms with Crippen molar-refractivity contribution in [2.45, 2.75) is 39.2 Å². The molecule has 0 unspecified atom stereocenters. The van der Waals surface area contributed by atoms with Gasteiger partial charge in [-0.25, -0.2) is 4.98 Å². The molecular weight excluding hydrogens is 396 g/mol. The van der Waals surface area contributed by atoms with E-state index in [1.165, 1.54) is 0 Å². The van der Waals surface area contributed by atoms with Crippen LogP contribution >= 0.6 is 0 Å². The number of carbonyl (C=O) groups excluding carboxylic acids is 1. The quantitative estimate of drug-likeness (QED) is 0.635. The number of ether oxygens (including phenoxy) is 2. The number of nitrogens with one attached hydrogen (secondary N) is 2. The molecule has 0 bridgehead atoms. The highest BCUT2D eigenvalue weighted by Gasteiger charge is 2.26. The Morgan fingerprint density at radius 3 is 2.65 bits per heavy atom. The Hall–Kier alpha value is -3.68. The van der Waals surface area contributed by atoms with E-state index in [2.05, 4.69) is 20.3 Å². The summed E-state index contributed by atoms with van der Waals surface area (Å²) in [5, 5.41) is 3.04. The molecule has 31 heavy (non-hydrogen) atoms. The first kappa shape index (κ1) is 20.6. The first-order chi connectivity index (χ1) is 14.8. The summed E-state index contributed by atoms with van der Waals surface area (Å²) in [5.74, 6) is 1.70. The molecule has 3 aromatic rings. The van der Waals surface area contributed by atoms with Gasteiger partial charge in [0, 0.05) is 35.6 Å². The standard InChI is InChI=1S/C23H24N4O4/c1-14-17(22(29)26-21(25-14)15-8-10-24-11-9-15)5-7-20(28)27-23(2,3)16-4-6-18-19(12-16)31-13-30-18/h4,6,8-12H,5,7,13H2,1-3H3,(H,27,28)(H,25,26,29). The van der Waals surface area contributed by atoms with Crippen LogP contribution in [0.4, 0.5) is 0 Å². The Morgan fingerprint density at radius 1 is 1.16 bits per heavy atom. The van der Waals surface area contributed by atoms with Crippen molar-refractivity contribution < 1.29 is 14.3 Å². The fourth-order valence-electron chi connectivity index (χ4n) is 3.56. The van der Waals surface area contributed by atoms with E-state index in [1.54, 1.807) is 31.5 Å². The number of hydrogen-bond acceptors (Lipinski definition) is 6. The van der Waals surface area contributed by atoms with Crippen LogP contribution in [0.3, 0.4) is 0 Å². The first-order valence-corrected chi connectivity index (χ1v) is 10.0. The van der Waals surface area contributed by atoms with Crippen molar-refractivity contribution in [2.24, 2.45) is 0 Å². The molecular formula is C23H24N4O4. The Labute approximate surface area is 179 Å². The molecule has 0 aliphatic carbocycles. The number of aromatic amines is 1. The molecule has 0 atom stereocenters. The second-order valence-electron chi connectivity index (χ2n) is 7.96. The van der Waals surface area contributed by atoms with Gasteiger partial charge < -0.3 is 19.8 Å². The normalized spacial score (nSPS) is 12.6. The van der Waals surface area contributed by atoms with Crippen LogP contribution in [-0.2, 0) is 16.8 Å². The van der Waals surface area contributed by atoms with Crippen molar-refractivity contribution in [3.8, 4) is 22.9 Å². The van der Waals surface area contributed by atoms with Gasteiger partial charge >= 0.3 is 0 Å². The molecule has 1 aliphatic heterocycles. The molecule has 4 rings (SSSR count). The fraction of sp³-hybridized carbons (Fsp3) is 0.304. The van der Waals surface area contributed by atoms with Gasteiger partial charge in [-0.05, 0) is 57.0 Å². The average molecular weight is 420 g/mol. The Balaban J connectivity index is 1.43. The summed E-state index contributed by atoms with van der Waals surface area (Å²) in [4.78, 5) is 36.5. The first-order valence-electron chi connectivity index (χ1n) is 10.0. The highest BCUT2D eigenvalue weighted by atomic mass is 16.7. The second kappa shape index (κ2) is 8.22. The molecule has 160 valence electrons. The molecule has 1 aromatic carbocycles. The summed E-state index contributed by atoms with van der Waals surface area (Å²) in [6, 6.07) is 9.18. The van der Waals surface area contributed by atoms with Gasteiger partial charge in [0.1, 0.15) is 5.82 Å². The SMILES string of the molecule is Cc1nc(-c2ccncc2)[nH]c(=O)c1CCC(=O)NC(C)(C)c1ccc2c(c1)OCO2. The summed E-state index contributed by atoms with van der Waals surface area (Å²) in [6.45, 7) is 5.83. The lowest BCUT2D eigenvalue weighted by molar-refractivity contribution is -0.122. The number of aromatic nitrogens is 3. The smallest absolute Gasteiger partial charge is 0.254 e. The van der Waals surface area contributed by atoms with E-state index in [9.17, 15) is 9.59 Å². The summed E-state index contributed by atoms with van der Waals surface area (Å²) >= 11 is 0. The van der Waals surface area contributed by atoms with Gasteiger partial charge in [-0.15, -0.1) is 0 Å². The molecule has 0 saturated carbocycles. The maximum atomic E-state index is 12.6. The van der Waals surface area contributed by atoms with Crippen LogP contribution in [0.1, 0.15) is 37.1 Å². The third kappa shape index (κ3) is 4.42. The number of hydrogen-bond donors (Lipinski definition) is 2. The summed E-state index contributed by atoms with van der Waals surface area (Å²) in [6.07, 6.45) is 3.76. The number of fused-ring (bicyclic) bond motifs is 1. The predicted octanol–water partition coefficient (Wildman–Crippen LogP) is 2.85. The van der Waals surface area contributed by atoms with Crippen molar-refractivity contribution in [3.05, 3.63) is 69.9 Å². The molecule has 8 heteroatoms. The van der Waals surface area contributed by atoms with Gasteiger partial charge in [0.25, 0.3) is 5.56 Å². The molecule has 1 amide bonds. The number of carbonyl (C=O) groups is 1. The lowest BCUT2D eigenvalue weighted by atomic mass is 9.93. The van der Waals surface area contributed by atoms with Gasteiger partial charge in [0.05, 0.1) is 5.54 Å². The third-order valence-electron chi connectivity index (χ3n) is 5.32. The Bertz CT molecular complexity index is 1170. The molecule has 3 heterocycles. The van der Waals surface area contributed by atoms with Gasteiger partial charge in [0.15, 0.2) is 11.5 Å². The molecule has 2 aromatic heterocycles. The predicted molar refractivity (Wildman–Crippen MR) is 115 cm³/mol. The van der Waals surface area contributed by atoms with Gasteiger partial charge in [-0.3, -0.25) is 14.6 Å². The van der Waals surface area contributed by atoms with Gasteiger partial charge in [-0.1, -0.05) is 6.07 Å². The molecule has 2 N–H and O–H groups in total.